The maximum absolute atomic E-state index is 10.1. The van der Waals surface area contributed by atoms with E-state index in [2.05, 4.69) is 10.3 Å². The second-order valence-corrected chi connectivity index (χ2v) is 4.66. The van der Waals surface area contributed by atoms with Crippen LogP contribution in [0.15, 0.2) is 23.2 Å². The molecule has 1 aromatic rings. The number of aliphatic imine (C=N–C) groups is 1. The van der Waals surface area contributed by atoms with Gasteiger partial charge in [-0.3, -0.25) is 4.99 Å². The molecule has 86 valence electrons. The van der Waals surface area contributed by atoms with E-state index < -0.39 is 6.10 Å². The third kappa shape index (κ3) is 2.32. The van der Waals surface area contributed by atoms with Crippen LogP contribution in [-0.4, -0.2) is 23.5 Å². The Hall–Kier alpha value is -0.770. The topological polar surface area (TPSA) is 44.6 Å². The SMILES string of the molecule is CC1CN=C(C(O)c2ccc(Cl)c(Cl)c2)N1. The first-order valence-corrected chi connectivity index (χ1v) is 5.77. The summed E-state index contributed by atoms with van der Waals surface area (Å²) in [5.41, 5.74) is 0.690. The smallest absolute Gasteiger partial charge is 0.136 e. The van der Waals surface area contributed by atoms with Gasteiger partial charge in [0, 0.05) is 6.04 Å². The summed E-state index contributed by atoms with van der Waals surface area (Å²) in [6.45, 7) is 2.70. The fraction of sp³-hybridized carbons (Fsp3) is 0.364. The van der Waals surface area contributed by atoms with Gasteiger partial charge in [-0.2, -0.15) is 0 Å². The number of nitrogens with one attached hydrogen (secondary N) is 1. The van der Waals surface area contributed by atoms with E-state index >= 15 is 0 Å². The van der Waals surface area contributed by atoms with Crippen molar-refractivity contribution in [2.24, 2.45) is 4.99 Å². The summed E-state index contributed by atoms with van der Waals surface area (Å²) in [5.74, 6) is 0.589. The Balaban J connectivity index is 2.21. The fourth-order valence-corrected chi connectivity index (χ4v) is 1.89. The second kappa shape index (κ2) is 4.62. The summed E-state index contributed by atoms with van der Waals surface area (Å²) < 4.78 is 0. The number of aliphatic hydroxyl groups excluding tert-OH is 1. The first kappa shape index (κ1) is 11.7. The van der Waals surface area contributed by atoms with E-state index in [1.54, 1.807) is 18.2 Å². The fourth-order valence-electron chi connectivity index (χ4n) is 1.58. The van der Waals surface area contributed by atoms with Crippen LogP contribution >= 0.6 is 23.2 Å². The summed E-state index contributed by atoms with van der Waals surface area (Å²) in [6.07, 6.45) is -0.764. The van der Waals surface area contributed by atoms with Gasteiger partial charge in [0.2, 0.25) is 0 Å². The van der Waals surface area contributed by atoms with Crippen LogP contribution in [0.4, 0.5) is 0 Å². The Morgan fingerprint density at radius 1 is 1.44 bits per heavy atom. The third-order valence-electron chi connectivity index (χ3n) is 2.45. The van der Waals surface area contributed by atoms with Crippen molar-refractivity contribution in [3.63, 3.8) is 0 Å². The number of rotatable bonds is 2. The van der Waals surface area contributed by atoms with Gasteiger partial charge in [0.15, 0.2) is 0 Å². The van der Waals surface area contributed by atoms with Gasteiger partial charge in [-0.15, -0.1) is 0 Å². The first-order chi connectivity index (χ1) is 7.58. The maximum Gasteiger partial charge on any atom is 0.136 e. The van der Waals surface area contributed by atoms with Crippen molar-refractivity contribution in [3.05, 3.63) is 33.8 Å². The van der Waals surface area contributed by atoms with Gasteiger partial charge < -0.3 is 10.4 Å². The quantitative estimate of drug-likeness (QED) is 0.856. The Morgan fingerprint density at radius 2 is 2.19 bits per heavy atom. The summed E-state index contributed by atoms with van der Waals surface area (Å²) in [6, 6.07) is 5.34. The molecule has 0 aromatic heterocycles. The molecule has 1 aliphatic rings. The monoisotopic (exact) mass is 258 g/mol. The zero-order valence-corrected chi connectivity index (χ0v) is 10.3. The lowest BCUT2D eigenvalue weighted by atomic mass is 10.1. The lowest BCUT2D eigenvalue weighted by molar-refractivity contribution is 0.243. The van der Waals surface area contributed by atoms with Gasteiger partial charge in [-0.25, -0.2) is 0 Å². The van der Waals surface area contributed by atoms with Gasteiger partial charge in [0.25, 0.3) is 0 Å². The van der Waals surface area contributed by atoms with E-state index in [4.69, 9.17) is 23.2 Å². The molecule has 0 amide bonds. The lowest BCUT2D eigenvalue weighted by Gasteiger charge is -2.13. The number of amidine groups is 1. The zero-order valence-electron chi connectivity index (χ0n) is 8.74. The maximum atomic E-state index is 10.1. The average Bonchev–Trinajstić information content (AvgIpc) is 2.68. The molecule has 1 heterocycles. The molecule has 0 aliphatic carbocycles. The van der Waals surface area contributed by atoms with Crippen molar-refractivity contribution in [1.82, 2.24) is 5.32 Å². The molecule has 0 spiro atoms. The molecule has 0 saturated carbocycles. The molecule has 2 unspecified atom stereocenters. The molecule has 1 aliphatic heterocycles. The summed E-state index contributed by atoms with van der Waals surface area (Å²) >= 11 is 11.7. The molecular weight excluding hydrogens is 247 g/mol. The Bertz CT molecular complexity index is 434. The zero-order chi connectivity index (χ0) is 11.7. The van der Waals surface area contributed by atoms with Gasteiger partial charge in [0.05, 0.1) is 16.6 Å². The Morgan fingerprint density at radius 3 is 2.75 bits per heavy atom. The van der Waals surface area contributed by atoms with Crippen LogP contribution < -0.4 is 5.32 Å². The van der Waals surface area contributed by atoms with Gasteiger partial charge in [0.1, 0.15) is 11.9 Å². The summed E-state index contributed by atoms with van der Waals surface area (Å²) in [5, 5.41) is 14.1. The molecule has 3 nitrogen and oxygen atoms in total. The molecule has 2 atom stereocenters. The van der Waals surface area contributed by atoms with Crippen LogP contribution in [0.25, 0.3) is 0 Å². The van der Waals surface area contributed by atoms with Crippen LogP contribution in [0.1, 0.15) is 18.6 Å². The van der Waals surface area contributed by atoms with E-state index in [-0.39, 0.29) is 6.04 Å². The molecular formula is C11H12Cl2N2O. The van der Waals surface area contributed by atoms with E-state index in [9.17, 15) is 5.11 Å². The molecule has 2 N–H and O–H groups in total. The highest BCUT2D eigenvalue weighted by Crippen LogP contribution is 2.26. The highest BCUT2D eigenvalue weighted by molar-refractivity contribution is 6.42. The van der Waals surface area contributed by atoms with Crippen LogP contribution in [0, 0.1) is 0 Å². The Labute approximate surface area is 104 Å². The largest absolute Gasteiger partial charge is 0.380 e. The predicted molar refractivity (Wildman–Crippen MR) is 66.3 cm³/mol. The number of hydrogen-bond donors (Lipinski definition) is 2. The van der Waals surface area contributed by atoms with E-state index in [1.807, 2.05) is 6.92 Å². The molecule has 5 heteroatoms. The summed E-state index contributed by atoms with van der Waals surface area (Å²) in [4.78, 5) is 4.22. The standard InChI is InChI=1S/C11H12Cl2N2O/c1-6-5-14-11(15-6)10(16)7-2-3-8(12)9(13)4-7/h2-4,6,10,16H,5H2,1H3,(H,14,15). The van der Waals surface area contributed by atoms with Crippen molar-refractivity contribution < 1.29 is 5.11 Å². The molecule has 0 saturated heterocycles. The van der Waals surface area contributed by atoms with E-state index in [0.717, 1.165) is 0 Å². The Kier molecular flexibility index (Phi) is 3.38. The number of benzene rings is 1. The van der Waals surface area contributed by atoms with E-state index in [1.165, 1.54) is 0 Å². The molecule has 0 bridgehead atoms. The number of nitrogens with zero attached hydrogens (tertiary/aromatic N) is 1. The van der Waals surface area contributed by atoms with Crippen molar-refractivity contribution in [2.45, 2.75) is 19.1 Å². The lowest BCUT2D eigenvalue weighted by Crippen LogP contribution is -2.31. The van der Waals surface area contributed by atoms with Gasteiger partial charge >= 0.3 is 0 Å². The van der Waals surface area contributed by atoms with Crippen LogP contribution in [-0.2, 0) is 0 Å². The van der Waals surface area contributed by atoms with Crippen molar-refractivity contribution in [2.75, 3.05) is 6.54 Å². The highest BCUT2D eigenvalue weighted by atomic mass is 35.5. The van der Waals surface area contributed by atoms with Crippen LogP contribution in [0.5, 0.6) is 0 Å². The number of hydrogen-bond acceptors (Lipinski definition) is 3. The van der Waals surface area contributed by atoms with Gasteiger partial charge in [-0.05, 0) is 24.6 Å². The average molecular weight is 259 g/mol. The molecule has 16 heavy (non-hydrogen) atoms. The number of aliphatic hydroxyl groups is 1. The van der Waals surface area contributed by atoms with Crippen molar-refractivity contribution in [1.29, 1.82) is 0 Å². The minimum Gasteiger partial charge on any atom is -0.380 e. The third-order valence-corrected chi connectivity index (χ3v) is 3.19. The van der Waals surface area contributed by atoms with Crippen LogP contribution in [0.3, 0.4) is 0 Å². The molecule has 2 rings (SSSR count). The first-order valence-electron chi connectivity index (χ1n) is 5.02. The highest BCUT2D eigenvalue weighted by Gasteiger charge is 2.21. The van der Waals surface area contributed by atoms with Gasteiger partial charge in [-0.1, -0.05) is 29.3 Å². The van der Waals surface area contributed by atoms with Crippen molar-refractivity contribution >= 4 is 29.0 Å². The minimum absolute atomic E-state index is 0.271. The van der Waals surface area contributed by atoms with Crippen LogP contribution in [0.2, 0.25) is 10.0 Å². The molecule has 0 radical (unpaired) electrons. The molecule has 0 fully saturated rings. The second-order valence-electron chi connectivity index (χ2n) is 3.85. The predicted octanol–water partition coefficient (Wildman–Crippen LogP) is 2.42. The van der Waals surface area contributed by atoms with Crippen molar-refractivity contribution in [3.8, 4) is 0 Å². The van der Waals surface area contributed by atoms with E-state index in [0.29, 0.717) is 28.0 Å². The minimum atomic E-state index is -0.764. The molecule has 1 aromatic carbocycles. The normalized spacial score (nSPS) is 21.5. The number of halogens is 2. The summed E-state index contributed by atoms with van der Waals surface area (Å²) in [7, 11) is 0.